The van der Waals surface area contributed by atoms with Gasteiger partial charge in [-0.15, -0.1) is 0 Å². The molecule has 3 nitrogen and oxygen atoms in total. The van der Waals surface area contributed by atoms with Gasteiger partial charge in [-0.05, 0) is 49.1 Å². The summed E-state index contributed by atoms with van der Waals surface area (Å²) < 4.78 is 0. The molecule has 0 aliphatic heterocycles. The van der Waals surface area contributed by atoms with Crippen molar-refractivity contribution in [3.8, 4) is 0 Å². The molecule has 4 heteroatoms. The molecule has 162 valence electrons. The molecular formula is C27H31ClN2O. The Kier molecular flexibility index (Phi) is 8.27. The predicted octanol–water partition coefficient (Wildman–Crippen LogP) is 6.47. The molecule has 0 aliphatic rings. The largest absolute Gasteiger partial charge is 0.381 e. The molecule has 31 heavy (non-hydrogen) atoms. The minimum Gasteiger partial charge on any atom is -0.381 e. The lowest BCUT2D eigenvalue weighted by atomic mass is 9.77. The quantitative estimate of drug-likeness (QED) is 0.359. The van der Waals surface area contributed by atoms with Crippen molar-refractivity contribution in [2.75, 3.05) is 11.9 Å². The van der Waals surface area contributed by atoms with Gasteiger partial charge in [0.15, 0.2) is 5.78 Å². The first-order chi connectivity index (χ1) is 15.0. The Bertz CT molecular complexity index is 975. The number of carbonyl (C=O) groups excluding carboxylic acids is 1. The van der Waals surface area contributed by atoms with Gasteiger partial charge < -0.3 is 11.1 Å². The lowest BCUT2D eigenvalue weighted by Gasteiger charge is -2.34. The molecule has 0 saturated carbocycles. The summed E-state index contributed by atoms with van der Waals surface area (Å²) in [5.41, 5.74) is 9.63. The van der Waals surface area contributed by atoms with Crippen LogP contribution in [0.25, 0.3) is 0 Å². The standard InChI is InChI=1S/C27H31ClN2O/c1-3-20(16-17-29)26(30-23-15-14-19(2)24(28)18-23)25(21-10-6-4-7-11-21)27(31)22-12-8-5-9-13-22/h4-15,18,20,25-26,30H,3,16-17,29H2,1-2H3. The van der Waals surface area contributed by atoms with E-state index in [2.05, 4.69) is 12.2 Å². The van der Waals surface area contributed by atoms with Crippen molar-refractivity contribution < 1.29 is 4.79 Å². The van der Waals surface area contributed by atoms with Gasteiger partial charge in [0.25, 0.3) is 0 Å². The summed E-state index contributed by atoms with van der Waals surface area (Å²) in [5, 5.41) is 4.38. The van der Waals surface area contributed by atoms with Crippen LogP contribution < -0.4 is 11.1 Å². The van der Waals surface area contributed by atoms with Gasteiger partial charge in [-0.3, -0.25) is 4.79 Å². The summed E-state index contributed by atoms with van der Waals surface area (Å²) in [6.45, 7) is 4.72. The van der Waals surface area contributed by atoms with Crippen molar-refractivity contribution in [2.24, 2.45) is 11.7 Å². The molecule has 0 amide bonds. The number of halogens is 1. The lowest BCUT2D eigenvalue weighted by molar-refractivity contribution is 0.0937. The topological polar surface area (TPSA) is 55.1 Å². The number of carbonyl (C=O) groups is 1. The minimum absolute atomic E-state index is 0.109. The van der Waals surface area contributed by atoms with E-state index in [0.29, 0.717) is 17.1 Å². The van der Waals surface area contributed by atoms with Crippen molar-refractivity contribution in [3.05, 3.63) is 101 Å². The molecule has 3 aromatic rings. The Morgan fingerprint density at radius 3 is 2.23 bits per heavy atom. The van der Waals surface area contributed by atoms with Crippen LogP contribution in [0.1, 0.15) is 47.2 Å². The summed E-state index contributed by atoms with van der Waals surface area (Å²) in [6.07, 6.45) is 1.75. The monoisotopic (exact) mass is 434 g/mol. The minimum atomic E-state index is -0.347. The van der Waals surface area contributed by atoms with Gasteiger partial charge in [0, 0.05) is 22.3 Å². The maximum Gasteiger partial charge on any atom is 0.172 e. The van der Waals surface area contributed by atoms with Gasteiger partial charge >= 0.3 is 0 Å². The molecule has 3 atom stereocenters. The van der Waals surface area contributed by atoms with E-state index in [4.69, 9.17) is 17.3 Å². The van der Waals surface area contributed by atoms with Crippen LogP contribution in [0.5, 0.6) is 0 Å². The van der Waals surface area contributed by atoms with Crippen LogP contribution >= 0.6 is 11.6 Å². The molecule has 3 N–H and O–H groups in total. The van der Waals surface area contributed by atoms with Crippen LogP contribution in [0.15, 0.2) is 78.9 Å². The number of hydrogen-bond donors (Lipinski definition) is 2. The molecule has 0 aromatic heterocycles. The highest BCUT2D eigenvalue weighted by Gasteiger charge is 2.35. The Balaban J connectivity index is 2.09. The Morgan fingerprint density at radius 1 is 1.00 bits per heavy atom. The van der Waals surface area contributed by atoms with Gasteiger partial charge in [0.1, 0.15) is 0 Å². The van der Waals surface area contributed by atoms with E-state index in [0.717, 1.165) is 29.7 Å². The van der Waals surface area contributed by atoms with Crippen LogP contribution in [0.2, 0.25) is 5.02 Å². The molecule has 0 saturated heterocycles. The number of Topliss-reactive ketones (excluding diaryl/α,β-unsaturated/α-hetero) is 1. The summed E-state index contributed by atoms with van der Waals surface area (Å²) in [4.78, 5) is 13.8. The van der Waals surface area contributed by atoms with Gasteiger partial charge in [-0.1, -0.05) is 91.7 Å². The van der Waals surface area contributed by atoms with Crippen molar-refractivity contribution in [1.82, 2.24) is 0 Å². The number of aryl methyl sites for hydroxylation is 1. The first-order valence-corrected chi connectivity index (χ1v) is 11.3. The van der Waals surface area contributed by atoms with Crippen LogP contribution in [0.3, 0.4) is 0 Å². The van der Waals surface area contributed by atoms with Gasteiger partial charge in [0.2, 0.25) is 0 Å². The van der Waals surface area contributed by atoms with Crippen LogP contribution in [0, 0.1) is 12.8 Å². The second kappa shape index (κ2) is 11.1. The van der Waals surface area contributed by atoms with E-state index in [1.807, 2.05) is 85.8 Å². The normalized spacial score (nSPS) is 13.9. The molecular weight excluding hydrogens is 404 g/mol. The summed E-state index contributed by atoms with van der Waals surface area (Å²) in [6, 6.07) is 25.4. The number of anilines is 1. The van der Waals surface area contributed by atoms with Gasteiger partial charge in [-0.2, -0.15) is 0 Å². The first kappa shape index (κ1) is 23.1. The number of hydrogen-bond acceptors (Lipinski definition) is 3. The summed E-state index contributed by atoms with van der Waals surface area (Å²) >= 11 is 6.40. The molecule has 3 rings (SSSR count). The molecule has 0 spiro atoms. The fourth-order valence-electron chi connectivity index (χ4n) is 4.16. The highest BCUT2D eigenvalue weighted by molar-refractivity contribution is 6.31. The molecule has 0 aliphatic carbocycles. The Morgan fingerprint density at radius 2 is 1.65 bits per heavy atom. The van der Waals surface area contributed by atoms with E-state index >= 15 is 0 Å². The molecule has 0 fully saturated rings. The average molecular weight is 435 g/mol. The van der Waals surface area contributed by atoms with Crippen molar-refractivity contribution in [1.29, 1.82) is 0 Å². The van der Waals surface area contributed by atoms with E-state index in [1.54, 1.807) is 0 Å². The highest BCUT2D eigenvalue weighted by Crippen LogP contribution is 2.34. The van der Waals surface area contributed by atoms with Gasteiger partial charge in [-0.25, -0.2) is 0 Å². The zero-order valence-corrected chi connectivity index (χ0v) is 19.0. The zero-order valence-electron chi connectivity index (χ0n) is 18.2. The van der Waals surface area contributed by atoms with E-state index < -0.39 is 0 Å². The Hall–Kier alpha value is -2.62. The third-order valence-electron chi connectivity index (χ3n) is 5.93. The molecule has 3 aromatic carbocycles. The number of nitrogens with one attached hydrogen (secondary N) is 1. The van der Waals surface area contributed by atoms with Crippen LogP contribution in [0.4, 0.5) is 5.69 Å². The smallest absolute Gasteiger partial charge is 0.172 e. The molecule has 3 unspecified atom stereocenters. The highest BCUT2D eigenvalue weighted by atomic mass is 35.5. The fourth-order valence-corrected chi connectivity index (χ4v) is 4.34. The number of ketones is 1. The van der Waals surface area contributed by atoms with Gasteiger partial charge in [0.05, 0.1) is 5.92 Å². The summed E-state index contributed by atoms with van der Waals surface area (Å²) in [5.74, 6) is -0.0129. The van der Waals surface area contributed by atoms with E-state index in [9.17, 15) is 4.79 Å². The zero-order chi connectivity index (χ0) is 22.2. The Labute approximate surface area is 190 Å². The molecule has 0 heterocycles. The lowest BCUT2D eigenvalue weighted by Crippen LogP contribution is -2.40. The average Bonchev–Trinajstić information content (AvgIpc) is 2.80. The number of benzene rings is 3. The second-order valence-corrected chi connectivity index (χ2v) is 8.41. The maximum absolute atomic E-state index is 13.8. The third kappa shape index (κ3) is 5.75. The van der Waals surface area contributed by atoms with Crippen LogP contribution in [-0.4, -0.2) is 18.4 Å². The number of rotatable bonds is 10. The number of nitrogens with two attached hydrogens (primary N) is 1. The maximum atomic E-state index is 13.8. The second-order valence-electron chi connectivity index (χ2n) is 8.00. The third-order valence-corrected chi connectivity index (χ3v) is 6.34. The van der Waals surface area contributed by atoms with Crippen LogP contribution in [-0.2, 0) is 0 Å². The molecule has 0 radical (unpaired) electrons. The predicted molar refractivity (Wildman–Crippen MR) is 131 cm³/mol. The summed E-state index contributed by atoms with van der Waals surface area (Å²) in [7, 11) is 0. The van der Waals surface area contributed by atoms with Crippen molar-refractivity contribution in [3.63, 3.8) is 0 Å². The van der Waals surface area contributed by atoms with Crippen molar-refractivity contribution in [2.45, 2.75) is 38.6 Å². The van der Waals surface area contributed by atoms with E-state index in [-0.39, 0.29) is 23.7 Å². The van der Waals surface area contributed by atoms with E-state index in [1.165, 1.54) is 0 Å². The van der Waals surface area contributed by atoms with Crippen molar-refractivity contribution >= 4 is 23.1 Å². The first-order valence-electron chi connectivity index (χ1n) is 10.9. The fraction of sp³-hybridized carbons (Fsp3) is 0.296. The molecule has 0 bridgehead atoms. The SMILES string of the molecule is CCC(CCN)C(Nc1ccc(C)c(Cl)c1)C(C(=O)c1ccccc1)c1ccccc1.